The number of nitrogens with zero attached hydrogens (tertiary/aromatic N) is 2. The zero-order valence-electron chi connectivity index (χ0n) is 15.7. The first-order chi connectivity index (χ1) is 13.1. The molecule has 1 N–H and O–H groups in total. The molecule has 4 amide bonds. The molecule has 1 saturated heterocycles. The molecule has 1 aromatic carbocycles. The monoisotopic (exact) mass is 387 g/mol. The van der Waals surface area contributed by atoms with Gasteiger partial charge in [0.1, 0.15) is 11.8 Å². The van der Waals surface area contributed by atoms with Crippen molar-refractivity contribution in [2.24, 2.45) is 0 Å². The van der Waals surface area contributed by atoms with E-state index in [4.69, 9.17) is 0 Å². The van der Waals surface area contributed by atoms with Gasteiger partial charge in [-0.3, -0.25) is 14.5 Å². The van der Waals surface area contributed by atoms with Gasteiger partial charge in [-0.05, 0) is 29.9 Å². The second kappa shape index (κ2) is 8.61. The minimum absolute atomic E-state index is 0.0706. The van der Waals surface area contributed by atoms with Gasteiger partial charge in [0, 0.05) is 12.2 Å². The van der Waals surface area contributed by atoms with E-state index in [-0.39, 0.29) is 35.7 Å². The second-order valence-electron chi connectivity index (χ2n) is 6.69. The van der Waals surface area contributed by atoms with Gasteiger partial charge in [-0.25, -0.2) is 4.79 Å². The lowest BCUT2D eigenvalue weighted by Crippen LogP contribution is -2.63. The molecule has 0 saturated carbocycles. The van der Waals surface area contributed by atoms with Gasteiger partial charge in [0.05, 0.1) is 6.04 Å². The van der Waals surface area contributed by atoms with Crippen LogP contribution in [0.15, 0.2) is 35.7 Å². The Morgan fingerprint density at radius 2 is 2.00 bits per heavy atom. The average Bonchev–Trinajstić information content (AvgIpc) is 3.15. The van der Waals surface area contributed by atoms with Crippen molar-refractivity contribution in [3.8, 4) is 0 Å². The molecule has 2 aliphatic rings. The maximum absolute atomic E-state index is 12.9. The van der Waals surface area contributed by atoms with Crippen molar-refractivity contribution in [2.75, 3.05) is 18.4 Å². The van der Waals surface area contributed by atoms with Crippen LogP contribution < -0.4 is 5.32 Å². The van der Waals surface area contributed by atoms with Crippen molar-refractivity contribution in [1.82, 2.24) is 9.80 Å². The highest BCUT2D eigenvalue weighted by Crippen LogP contribution is 2.34. The normalized spacial score (nSPS) is 21.6. The number of fused-ring (bicyclic) bond motifs is 1. The summed E-state index contributed by atoms with van der Waals surface area (Å²) in [6.07, 6.45) is 4.31. The van der Waals surface area contributed by atoms with E-state index in [1.807, 2.05) is 49.6 Å². The summed E-state index contributed by atoms with van der Waals surface area (Å²) in [6.45, 7) is 4.37. The Morgan fingerprint density at radius 1 is 1.22 bits per heavy atom. The maximum atomic E-state index is 12.9. The van der Waals surface area contributed by atoms with Crippen molar-refractivity contribution in [3.05, 3.63) is 41.3 Å². The van der Waals surface area contributed by atoms with Gasteiger partial charge in [0.15, 0.2) is 0 Å². The summed E-state index contributed by atoms with van der Waals surface area (Å²) in [5.41, 5.74) is 1.81. The number of carbonyl (C=O) groups is 3. The van der Waals surface area contributed by atoms with Gasteiger partial charge in [0.25, 0.3) is 0 Å². The van der Waals surface area contributed by atoms with Crippen LogP contribution in [0.25, 0.3) is 0 Å². The fourth-order valence-corrected chi connectivity index (χ4v) is 4.45. The number of hydrogen-bond acceptors (Lipinski definition) is 4. The summed E-state index contributed by atoms with van der Waals surface area (Å²) in [7, 11) is 0. The number of hydrogen-bond donors (Lipinski definition) is 1. The van der Waals surface area contributed by atoms with Crippen LogP contribution in [0.3, 0.4) is 0 Å². The quantitative estimate of drug-likeness (QED) is 0.780. The summed E-state index contributed by atoms with van der Waals surface area (Å²) in [6, 6.07) is 6.91. The molecule has 144 valence electrons. The van der Waals surface area contributed by atoms with Gasteiger partial charge in [-0.1, -0.05) is 44.5 Å². The van der Waals surface area contributed by atoms with Gasteiger partial charge in [0.2, 0.25) is 11.8 Å². The molecule has 2 unspecified atom stereocenters. The first-order valence-corrected chi connectivity index (χ1v) is 10.3. The lowest BCUT2D eigenvalue weighted by Gasteiger charge is -2.40. The summed E-state index contributed by atoms with van der Waals surface area (Å²) < 4.78 is 0. The Kier molecular flexibility index (Phi) is 6.21. The van der Waals surface area contributed by atoms with E-state index < -0.39 is 0 Å². The number of aryl methyl sites for hydroxylation is 1. The SMILES string of the molecule is CCCCN1C(=O)C2SC=CC2N(CC(=O)Nc2ccccc2CC)C1=O. The molecule has 1 aromatic rings. The standard InChI is InChI=1S/C20H25N3O3S/c1-3-5-11-22-19(25)18-16(10-12-27-18)23(20(22)26)13-17(24)21-15-9-7-6-8-14(15)4-2/h6-10,12,16,18H,3-5,11,13H2,1-2H3,(H,21,24). The smallest absolute Gasteiger partial charge is 0.324 e. The molecule has 0 bridgehead atoms. The lowest BCUT2D eigenvalue weighted by atomic mass is 10.1. The predicted molar refractivity (Wildman–Crippen MR) is 107 cm³/mol. The Morgan fingerprint density at radius 3 is 2.74 bits per heavy atom. The van der Waals surface area contributed by atoms with Gasteiger partial charge >= 0.3 is 6.03 Å². The van der Waals surface area contributed by atoms with Gasteiger partial charge in [-0.2, -0.15) is 0 Å². The topological polar surface area (TPSA) is 69.7 Å². The Balaban J connectivity index is 1.75. The summed E-state index contributed by atoms with van der Waals surface area (Å²) in [5, 5.41) is 4.41. The molecule has 2 atom stereocenters. The maximum Gasteiger partial charge on any atom is 0.327 e. The van der Waals surface area contributed by atoms with E-state index in [9.17, 15) is 14.4 Å². The number of benzene rings is 1. The van der Waals surface area contributed by atoms with Crippen LogP contribution in [0.1, 0.15) is 32.3 Å². The Labute approximate surface area is 164 Å². The van der Waals surface area contributed by atoms with Gasteiger partial charge < -0.3 is 10.2 Å². The highest BCUT2D eigenvalue weighted by molar-refractivity contribution is 8.03. The number of rotatable bonds is 7. The van der Waals surface area contributed by atoms with E-state index >= 15 is 0 Å². The molecule has 1 fully saturated rings. The van der Waals surface area contributed by atoms with Crippen LogP contribution in [-0.2, 0) is 16.0 Å². The molecule has 27 heavy (non-hydrogen) atoms. The summed E-state index contributed by atoms with van der Waals surface area (Å²) in [5.74, 6) is -0.403. The molecule has 0 aliphatic carbocycles. The zero-order chi connectivity index (χ0) is 19.4. The van der Waals surface area contributed by atoms with Crippen LogP contribution in [-0.4, -0.2) is 52.0 Å². The Bertz CT molecular complexity index is 765. The highest BCUT2D eigenvalue weighted by Gasteiger charge is 2.47. The first kappa shape index (κ1) is 19.5. The largest absolute Gasteiger partial charge is 0.327 e. The number of carbonyl (C=O) groups excluding carboxylic acids is 3. The van der Waals surface area contributed by atoms with E-state index in [2.05, 4.69) is 5.32 Å². The van der Waals surface area contributed by atoms with Crippen LogP contribution in [0.5, 0.6) is 0 Å². The minimum atomic E-state index is -0.374. The number of para-hydroxylation sites is 1. The van der Waals surface area contributed by atoms with Crippen molar-refractivity contribution in [3.63, 3.8) is 0 Å². The highest BCUT2D eigenvalue weighted by atomic mass is 32.2. The third-order valence-electron chi connectivity index (χ3n) is 4.88. The molecular formula is C20H25N3O3S. The minimum Gasteiger partial charge on any atom is -0.324 e. The molecule has 0 spiro atoms. The molecule has 6 nitrogen and oxygen atoms in total. The van der Waals surface area contributed by atoms with Crippen molar-refractivity contribution >= 4 is 35.3 Å². The van der Waals surface area contributed by atoms with E-state index in [0.29, 0.717) is 6.54 Å². The number of unbranched alkanes of at least 4 members (excludes halogenated alkanes) is 1. The summed E-state index contributed by atoms with van der Waals surface area (Å²) in [4.78, 5) is 41.0. The molecule has 7 heteroatoms. The molecule has 2 aliphatic heterocycles. The van der Waals surface area contributed by atoms with E-state index in [0.717, 1.165) is 30.5 Å². The second-order valence-corrected chi connectivity index (χ2v) is 7.74. The molecule has 3 rings (SSSR count). The molecular weight excluding hydrogens is 362 g/mol. The van der Waals surface area contributed by atoms with Crippen molar-refractivity contribution < 1.29 is 14.4 Å². The molecule has 0 radical (unpaired) electrons. The third kappa shape index (κ3) is 4.03. The van der Waals surface area contributed by atoms with E-state index in [1.165, 1.54) is 21.6 Å². The van der Waals surface area contributed by atoms with E-state index in [1.54, 1.807) is 0 Å². The van der Waals surface area contributed by atoms with Crippen LogP contribution >= 0.6 is 11.8 Å². The fourth-order valence-electron chi connectivity index (χ4n) is 3.38. The Hall–Kier alpha value is -2.28. The average molecular weight is 388 g/mol. The van der Waals surface area contributed by atoms with Crippen LogP contribution in [0.4, 0.5) is 10.5 Å². The number of anilines is 1. The predicted octanol–water partition coefficient (Wildman–Crippen LogP) is 3.25. The fraction of sp³-hybridized carbons (Fsp3) is 0.450. The van der Waals surface area contributed by atoms with Crippen molar-refractivity contribution in [1.29, 1.82) is 0 Å². The number of imide groups is 1. The number of amides is 4. The number of nitrogens with one attached hydrogen (secondary N) is 1. The third-order valence-corrected chi connectivity index (χ3v) is 5.97. The summed E-state index contributed by atoms with van der Waals surface area (Å²) >= 11 is 1.42. The molecule has 2 heterocycles. The van der Waals surface area contributed by atoms with Gasteiger partial charge in [-0.15, -0.1) is 11.8 Å². The number of thioether (sulfide) groups is 1. The van der Waals surface area contributed by atoms with Crippen LogP contribution in [0.2, 0.25) is 0 Å². The first-order valence-electron chi connectivity index (χ1n) is 9.38. The molecule has 0 aromatic heterocycles. The lowest BCUT2D eigenvalue weighted by molar-refractivity contribution is -0.132. The van der Waals surface area contributed by atoms with Crippen molar-refractivity contribution in [2.45, 2.75) is 44.4 Å². The van der Waals surface area contributed by atoms with Crippen LogP contribution in [0, 0.1) is 0 Å². The zero-order valence-corrected chi connectivity index (χ0v) is 16.5. The number of urea groups is 1.